The maximum absolute atomic E-state index is 12.7. The van der Waals surface area contributed by atoms with Crippen LogP contribution >= 0.6 is 0 Å². The third kappa shape index (κ3) is 7.22. The van der Waals surface area contributed by atoms with Crippen molar-refractivity contribution in [1.82, 2.24) is 0 Å². The smallest absolute Gasteiger partial charge is 0.224 e. The van der Waals surface area contributed by atoms with Gasteiger partial charge in [-0.05, 0) is 98.3 Å². The lowest BCUT2D eigenvalue weighted by Crippen LogP contribution is -2.20. The van der Waals surface area contributed by atoms with Crippen LogP contribution in [0.25, 0.3) is 0 Å². The van der Waals surface area contributed by atoms with E-state index in [1.165, 1.54) is 51.4 Å². The van der Waals surface area contributed by atoms with E-state index in [1.807, 2.05) is 36.4 Å². The van der Waals surface area contributed by atoms with Crippen molar-refractivity contribution in [3.8, 4) is 23.0 Å². The standard InChI is InChI=1S/C35H46N2O6/c1-40-32-20-28(36-34(38)18-26-16-22-4-6-24(26)14-22)8-10-30(32)42-12-3-13-43-31-11-9-29(21-33(31)41-2)37-35(39)19-27-17-23-5-7-25(27)15-23/h8-11,20-27H,3-7,12-19H2,1-2H3,(H,36,38)(H,37,39)/t22-,23+,24-,25-,26+,27-/m1/s1. The molecule has 4 saturated carbocycles. The highest BCUT2D eigenvalue weighted by molar-refractivity contribution is 5.92. The highest BCUT2D eigenvalue weighted by atomic mass is 16.5. The maximum Gasteiger partial charge on any atom is 0.224 e. The van der Waals surface area contributed by atoms with Crippen LogP contribution in [0, 0.1) is 35.5 Å². The van der Waals surface area contributed by atoms with E-state index >= 15 is 0 Å². The van der Waals surface area contributed by atoms with Crippen molar-refractivity contribution >= 4 is 23.2 Å². The minimum absolute atomic E-state index is 0.0759. The van der Waals surface area contributed by atoms with Crippen molar-refractivity contribution in [1.29, 1.82) is 0 Å². The Labute approximate surface area is 255 Å². The Morgan fingerprint density at radius 2 is 1.12 bits per heavy atom. The van der Waals surface area contributed by atoms with E-state index in [4.69, 9.17) is 18.9 Å². The molecule has 2 aromatic carbocycles. The summed E-state index contributed by atoms with van der Waals surface area (Å²) in [6, 6.07) is 11.0. The summed E-state index contributed by atoms with van der Waals surface area (Å²) in [6.45, 7) is 0.873. The molecule has 6 atom stereocenters. The average Bonchev–Trinajstić information content (AvgIpc) is 3.81. The summed E-state index contributed by atoms with van der Waals surface area (Å²) < 4.78 is 23.0. The Hall–Kier alpha value is -3.42. The van der Waals surface area contributed by atoms with Gasteiger partial charge in [0.2, 0.25) is 11.8 Å². The van der Waals surface area contributed by atoms with E-state index in [2.05, 4.69) is 10.6 Å². The minimum atomic E-state index is 0.0759. The second kappa shape index (κ2) is 13.5. The fourth-order valence-corrected chi connectivity index (χ4v) is 8.31. The Bertz CT molecular complexity index is 1200. The topological polar surface area (TPSA) is 95.1 Å². The number of carbonyl (C=O) groups is 2. The van der Waals surface area contributed by atoms with E-state index in [0.717, 1.165) is 35.0 Å². The summed E-state index contributed by atoms with van der Waals surface area (Å²) in [5, 5.41) is 6.08. The second-order valence-corrected chi connectivity index (χ2v) is 13.2. The third-order valence-electron chi connectivity index (χ3n) is 10.4. The van der Waals surface area contributed by atoms with E-state index in [0.29, 0.717) is 67.3 Å². The lowest BCUT2D eigenvalue weighted by Gasteiger charge is -2.21. The first-order valence-corrected chi connectivity index (χ1v) is 16.2. The molecule has 2 amide bonds. The molecule has 0 radical (unpaired) electrons. The summed E-state index contributed by atoms with van der Waals surface area (Å²) >= 11 is 0. The van der Waals surface area contributed by atoms with Gasteiger partial charge in [-0.2, -0.15) is 0 Å². The van der Waals surface area contributed by atoms with Crippen LogP contribution in [0.5, 0.6) is 23.0 Å². The van der Waals surface area contributed by atoms with Gasteiger partial charge in [-0.1, -0.05) is 12.8 Å². The zero-order valence-corrected chi connectivity index (χ0v) is 25.6. The molecule has 4 aliphatic rings. The number of fused-ring (bicyclic) bond motifs is 4. The molecule has 0 aliphatic heterocycles. The van der Waals surface area contributed by atoms with Crippen molar-refractivity contribution in [3.05, 3.63) is 36.4 Å². The number of rotatable bonds is 14. The quantitative estimate of drug-likeness (QED) is 0.228. The first-order valence-electron chi connectivity index (χ1n) is 16.2. The number of carbonyl (C=O) groups excluding carboxylic acids is 2. The Morgan fingerprint density at radius 3 is 1.49 bits per heavy atom. The number of benzene rings is 2. The fourth-order valence-electron chi connectivity index (χ4n) is 8.31. The van der Waals surface area contributed by atoms with Gasteiger partial charge in [-0.3, -0.25) is 9.59 Å². The molecule has 4 bridgehead atoms. The van der Waals surface area contributed by atoms with Gasteiger partial charge in [-0.15, -0.1) is 0 Å². The summed E-state index contributed by atoms with van der Waals surface area (Å²) in [6.07, 6.45) is 12.1. The van der Waals surface area contributed by atoms with Crippen molar-refractivity contribution in [2.45, 2.75) is 70.6 Å². The van der Waals surface area contributed by atoms with Gasteiger partial charge >= 0.3 is 0 Å². The van der Waals surface area contributed by atoms with Crippen LogP contribution in [-0.4, -0.2) is 39.2 Å². The van der Waals surface area contributed by atoms with E-state index in [1.54, 1.807) is 14.2 Å². The van der Waals surface area contributed by atoms with Gasteiger partial charge in [0.1, 0.15) is 0 Å². The van der Waals surface area contributed by atoms with Gasteiger partial charge in [-0.25, -0.2) is 0 Å². The highest BCUT2D eigenvalue weighted by Gasteiger charge is 2.41. The Morgan fingerprint density at radius 1 is 0.651 bits per heavy atom. The van der Waals surface area contributed by atoms with Crippen molar-refractivity contribution in [3.63, 3.8) is 0 Å². The molecule has 4 aliphatic carbocycles. The first-order chi connectivity index (χ1) is 21.0. The molecular formula is C35H46N2O6. The maximum atomic E-state index is 12.7. The fraction of sp³-hybridized carbons (Fsp3) is 0.600. The van der Waals surface area contributed by atoms with Gasteiger partial charge in [0, 0.05) is 42.8 Å². The zero-order chi connectivity index (χ0) is 29.8. The van der Waals surface area contributed by atoms with Crippen LogP contribution in [0.15, 0.2) is 36.4 Å². The van der Waals surface area contributed by atoms with Crippen molar-refractivity contribution in [2.75, 3.05) is 38.1 Å². The zero-order valence-electron chi connectivity index (χ0n) is 25.6. The van der Waals surface area contributed by atoms with E-state index in [9.17, 15) is 9.59 Å². The van der Waals surface area contributed by atoms with Gasteiger partial charge in [0.05, 0.1) is 27.4 Å². The van der Waals surface area contributed by atoms with Crippen LogP contribution in [0.1, 0.15) is 70.6 Å². The minimum Gasteiger partial charge on any atom is -0.493 e. The van der Waals surface area contributed by atoms with Gasteiger partial charge in [0.15, 0.2) is 23.0 Å². The summed E-state index contributed by atoms with van der Waals surface area (Å²) in [7, 11) is 3.20. The molecule has 8 heteroatoms. The molecular weight excluding hydrogens is 544 g/mol. The molecule has 0 unspecified atom stereocenters. The monoisotopic (exact) mass is 590 g/mol. The highest BCUT2D eigenvalue weighted by Crippen LogP contribution is 2.50. The lowest BCUT2D eigenvalue weighted by atomic mass is 9.86. The molecule has 0 saturated heterocycles. The number of methoxy groups -OCH3 is 2. The molecule has 4 fully saturated rings. The summed E-state index contributed by atoms with van der Waals surface area (Å²) in [4.78, 5) is 25.3. The largest absolute Gasteiger partial charge is 0.493 e. The number of ether oxygens (including phenoxy) is 4. The molecule has 8 nitrogen and oxygen atoms in total. The van der Waals surface area contributed by atoms with Crippen LogP contribution in [-0.2, 0) is 9.59 Å². The second-order valence-electron chi connectivity index (χ2n) is 13.2. The molecule has 232 valence electrons. The van der Waals surface area contributed by atoms with Crippen LogP contribution in [0.2, 0.25) is 0 Å². The predicted octanol–water partition coefficient (Wildman–Crippen LogP) is 7.08. The summed E-state index contributed by atoms with van der Waals surface area (Å²) in [5.41, 5.74) is 1.44. The number of hydrogen-bond donors (Lipinski definition) is 2. The SMILES string of the molecule is COc1cc(NC(=O)C[C@@H]2C[C@@H]3CC[C@@H]2C3)ccc1OCCCOc1ccc(NC(=O)C[C@H]2C[C@H]3CC[C@@H]2C3)cc1OC. The van der Waals surface area contributed by atoms with Gasteiger partial charge in [0.25, 0.3) is 0 Å². The van der Waals surface area contributed by atoms with Gasteiger partial charge < -0.3 is 29.6 Å². The van der Waals surface area contributed by atoms with Crippen LogP contribution in [0.4, 0.5) is 11.4 Å². The third-order valence-corrected chi connectivity index (χ3v) is 10.4. The number of nitrogens with one attached hydrogen (secondary N) is 2. The lowest BCUT2D eigenvalue weighted by molar-refractivity contribution is -0.118. The molecule has 0 aromatic heterocycles. The Kier molecular flexibility index (Phi) is 9.29. The molecule has 0 heterocycles. The number of anilines is 2. The normalized spacial score (nSPS) is 26.7. The first kappa shape index (κ1) is 29.6. The van der Waals surface area contributed by atoms with Crippen molar-refractivity contribution < 1.29 is 28.5 Å². The number of amides is 2. The molecule has 2 N–H and O–H groups in total. The van der Waals surface area contributed by atoms with Crippen LogP contribution in [0.3, 0.4) is 0 Å². The molecule has 43 heavy (non-hydrogen) atoms. The molecule has 2 aromatic rings. The molecule has 6 rings (SSSR count). The van der Waals surface area contributed by atoms with Crippen LogP contribution < -0.4 is 29.6 Å². The van der Waals surface area contributed by atoms with E-state index < -0.39 is 0 Å². The summed E-state index contributed by atoms with van der Waals surface area (Å²) in [5.74, 6) is 6.78. The average molecular weight is 591 g/mol. The van der Waals surface area contributed by atoms with E-state index in [-0.39, 0.29) is 11.8 Å². The van der Waals surface area contributed by atoms with Crippen molar-refractivity contribution in [2.24, 2.45) is 35.5 Å². The predicted molar refractivity (Wildman–Crippen MR) is 166 cm³/mol. The number of hydrogen-bond acceptors (Lipinski definition) is 6. The Balaban J connectivity index is 0.923. The molecule has 0 spiro atoms.